The molecule has 0 unspecified atom stereocenters. The topological polar surface area (TPSA) is 42.3 Å². The highest BCUT2D eigenvalue weighted by Gasteiger charge is 2.28. The summed E-state index contributed by atoms with van der Waals surface area (Å²) < 4.78 is 1.89. The quantitative estimate of drug-likeness (QED) is 0.246. The maximum atomic E-state index is 13.5. The maximum absolute atomic E-state index is 13.5. The van der Waals surface area contributed by atoms with Gasteiger partial charge in [-0.15, -0.1) is 11.3 Å². The Morgan fingerprint density at radius 1 is 0.882 bits per heavy atom. The van der Waals surface area contributed by atoms with Crippen molar-refractivity contribution >= 4 is 75.8 Å². The van der Waals surface area contributed by atoms with E-state index < -0.39 is 0 Å². The Hall–Kier alpha value is -2.42. The van der Waals surface area contributed by atoms with E-state index in [1.807, 2.05) is 48.5 Å². The molecule has 1 aliphatic heterocycles. The minimum atomic E-state index is -0.237. The third-order valence-electron chi connectivity index (χ3n) is 5.35. The molecule has 34 heavy (non-hydrogen) atoms. The number of anilines is 2. The van der Waals surface area contributed by atoms with Gasteiger partial charge in [0.05, 0.1) is 11.4 Å². The molecule has 0 spiro atoms. The number of hydrogen-bond donors (Lipinski definition) is 0. The Morgan fingerprint density at radius 2 is 1.59 bits per heavy atom. The van der Waals surface area contributed by atoms with E-state index in [-0.39, 0.29) is 24.4 Å². The Kier molecular flexibility index (Phi) is 6.64. The van der Waals surface area contributed by atoms with Gasteiger partial charge in [-0.25, -0.2) is 0 Å². The van der Waals surface area contributed by atoms with Gasteiger partial charge in [0.15, 0.2) is 3.95 Å². The van der Waals surface area contributed by atoms with Gasteiger partial charge in [0.2, 0.25) is 5.91 Å². The predicted molar refractivity (Wildman–Crippen MR) is 144 cm³/mol. The Bertz CT molecular complexity index is 1500. The lowest BCUT2D eigenvalue weighted by molar-refractivity contribution is -0.118. The first-order valence-electron chi connectivity index (χ1n) is 10.3. The highest BCUT2D eigenvalue weighted by Crippen LogP contribution is 2.49. The molecule has 9 heteroatoms. The van der Waals surface area contributed by atoms with Crippen LogP contribution in [0.15, 0.2) is 87.4 Å². The average molecular weight is 544 g/mol. The van der Waals surface area contributed by atoms with Crippen LogP contribution < -0.4 is 10.5 Å². The van der Waals surface area contributed by atoms with Crippen molar-refractivity contribution < 1.29 is 4.79 Å². The molecule has 0 bridgehead atoms. The second kappa shape index (κ2) is 9.68. The molecule has 3 aromatic carbocycles. The van der Waals surface area contributed by atoms with Crippen LogP contribution in [0, 0.1) is 3.95 Å². The van der Waals surface area contributed by atoms with E-state index in [1.54, 1.807) is 40.9 Å². The zero-order valence-corrected chi connectivity index (χ0v) is 21.5. The Labute approximate surface area is 219 Å². The molecule has 0 aliphatic carbocycles. The molecule has 0 fully saturated rings. The van der Waals surface area contributed by atoms with Crippen molar-refractivity contribution in [3.63, 3.8) is 0 Å². The fourth-order valence-corrected chi connectivity index (χ4v) is 6.41. The number of halogens is 2. The van der Waals surface area contributed by atoms with Crippen molar-refractivity contribution in [3.05, 3.63) is 97.1 Å². The molecule has 5 rings (SSSR count). The van der Waals surface area contributed by atoms with Gasteiger partial charge in [-0.2, -0.15) is 0 Å². The van der Waals surface area contributed by atoms with Gasteiger partial charge in [0.1, 0.15) is 0 Å². The molecule has 0 saturated carbocycles. The fraction of sp³-hybridized carbons (Fsp3) is 0.0800. The van der Waals surface area contributed by atoms with Crippen molar-refractivity contribution in [1.29, 1.82) is 0 Å². The Morgan fingerprint density at radius 3 is 2.35 bits per heavy atom. The number of aromatic nitrogens is 1. The first-order valence-corrected chi connectivity index (χ1v) is 13.1. The number of fused-ring (bicyclic) bond motifs is 2. The third kappa shape index (κ3) is 4.59. The van der Waals surface area contributed by atoms with E-state index >= 15 is 0 Å². The highest BCUT2D eigenvalue weighted by atomic mass is 35.5. The minimum Gasteiger partial charge on any atom is -0.291 e. The summed E-state index contributed by atoms with van der Waals surface area (Å²) in [4.78, 5) is 30.7. The number of carbonyl (C=O) groups excluding carboxylic acids is 1. The van der Waals surface area contributed by atoms with Crippen LogP contribution in [0.2, 0.25) is 10.0 Å². The lowest BCUT2D eigenvalue weighted by Crippen LogP contribution is -2.30. The van der Waals surface area contributed by atoms with Gasteiger partial charge >= 0.3 is 0 Å². The summed E-state index contributed by atoms with van der Waals surface area (Å²) in [5.74, 6) is -0.135. The molecule has 0 radical (unpaired) electrons. The maximum Gasteiger partial charge on any atom is 0.253 e. The molecule has 0 N–H and O–H groups in total. The largest absolute Gasteiger partial charge is 0.291 e. The monoisotopic (exact) mass is 542 g/mol. The van der Waals surface area contributed by atoms with Crippen molar-refractivity contribution in [2.75, 3.05) is 4.90 Å². The average Bonchev–Trinajstić information content (AvgIpc) is 2.82. The molecule has 2 heterocycles. The number of carbonyl (C=O) groups is 1. The summed E-state index contributed by atoms with van der Waals surface area (Å²) in [7, 11) is 0. The van der Waals surface area contributed by atoms with E-state index in [0.717, 1.165) is 31.6 Å². The zero-order chi connectivity index (χ0) is 23.8. The summed E-state index contributed by atoms with van der Waals surface area (Å²) in [5.41, 5.74) is 2.18. The second-order valence-electron chi connectivity index (χ2n) is 7.53. The summed E-state index contributed by atoms with van der Waals surface area (Å²) in [6.45, 7) is 0.190. The van der Waals surface area contributed by atoms with E-state index in [2.05, 4.69) is 0 Å². The van der Waals surface area contributed by atoms with Crippen molar-refractivity contribution in [2.24, 2.45) is 0 Å². The van der Waals surface area contributed by atoms with E-state index in [1.165, 1.54) is 15.9 Å². The first kappa shape index (κ1) is 23.3. The number of amides is 1. The second-order valence-corrected chi connectivity index (χ2v) is 11.2. The molecule has 1 amide bonds. The molecule has 170 valence electrons. The summed E-state index contributed by atoms with van der Waals surface area (Å²) in [5, 5.41) is 1.18. The van der Waals surface area contributed by atoms with Gasteiger partial charge in [0, 0.05) is 43.7 Å². The van der Waals surface area contributed by atoms with Crippen LogP contribution in [0.4, 0.5) is 11.4 Å². The van der Waals surface area contributed by atoms with Crippen molar-refractivity contribution in [3.8, 4) is 10.4 Å². The van der Waals surface area contributed by atoms with Crippen molar-refractivity contribution in [1.82, 2.24) is 4.57 Å². The van der Waals surface area contributed by atoms with Gasteiger partial charge in [0.25, 0.3) is 5.56 Å². The normalized spacial score (nSPS) is 12.2. The lowest BCUT2D eigenvalue weighted by Gasteiger charge is -2.31. The minimum absolute atomic E-state index is 0.113. The standard InChI is InChI=1S/C25H16Cl2N2O2S3/c26-16-7-5-15(6-8-16)22-14-24(31)28(25(32)34-22)12-11-23(30)29-18-3-1-2-4-20(18)33-21-10-9-17(27)13-19(21)29/h1-10,13-14H,11-12H2. The number of nitrogens with zero attached hydrogens (tertiary/aromatic N) is 2. The number of rotatable bonds is 4. The summed E-state index contributed by atoms with van der Waals surface area (Å²) in [6, 6.07) is 22.1. The molecule has 1 aromatic heterocycles. The van der Waals surface area contributed by atoms with Gasteiger partial charge in [-0.05, 0) is 60.2 Å². The first-order chi connectivity index (χ1) is 16.4. The van der Waals surface area contributed by atoms with Crippen molar-refractivity contribution in [2.45, 2.75) is 22.8 Å². The fourth-order valence-electron chi connectivity index (χ4n) is 3.73. The van der Waals surface area contributed by atoms with Crippen LogP contribution in [0.3, 0.4) is 0 Å². The third-order valence-corrected chi connectivity index (χ3v) is 8.41. The lowest BCUT2D eigenvalue weighted by atomic mass is 10.2. The molecule has 1 aliphatic rings. The Balaban J connectivity index is 1.43. The van der Waals surface area contributed by atoms with Gasteiger partial charge in [-0.3, -0.25) is 19.1 Å². The van der Waals surface area contributed by atoms with E-state index in [4.69, 9.17) is 35.4 Å². The zero-order valence-electron chi connectivity index (χ0n) is 17.5. The number of hydrogen-bond acceptors (Lipinski definition) is 5. The van der Waals surface area contributed by atoms with E-state index in [9.17, 15) is 9.59 Å². The predicted octanol–water partition coefficient (Wildman–Crippen LogP) is 7.83. The summed E-state index contributed by atoms with van der Waals surface area (Å²) >= 11 is 20.7. The van der Waals surface area contributed by atoms with Crippen LogP contribution in [0.1, 0.15) is 6.42 Å². The molecular formula is C25H16Cl2N2O2S3. The van der Waals surface area contributed by atoms with Crippen LogP contribution in [-0.4, -0.2) is 10.5 Å². The SMILES string of the molecule is O=C(CCn1c(=O)cc(-c2ccc(Cl)cc2)sc1=S)N1c2ccccc2Sc2ccc(Cl)cc21. The summed E-state index contributed by atoms with van der Waals surface area (Å²) in [6.07, 6.45) is 0.113. The van der Waals surface area contributed by atoms with Gasteiger partial charge < -0.3 is 0 Å². The van der Waals surface area contributed by atoms with E-state index in [0.29, 0.717) is 14.0 Å². The van der Waals surface area contributed by atoms with Gasteiger partial charge in [-0.1, -0.05) is 59.2 Å². The molecule has 0 atom stereocenters. The molecular weight excluding hydrogens is 527 g/mol. The number of benzene rings is 3. The number of para-hydroxylation sites is 1. The van der Waals surface area contributed by atoms with Crippen LogP contribution in [0.25, 0.3) is 10.4 Å². The smallest absolute Gasteiger partial charge is 0.253 e. The van der Waals surface area contributed by atoms with Crippen LogP contribution in [0.5, 0.6) is 0 Å². The van der Waals surface area contributed by atoms with Crippen LogP contribution >= 0.6 is 58.5 Å². The molecule has 0 saturated heterocycles. The highest BCUT2D eigenvalue weighted by molar-refractivity contribution is 7.99. The molecule has 4 aromatic rings. The molecule has 4 nitrogen and oxygen atoms in total. The van der Waals surface area contributed by atoms with Crippen LogP contribution in [-0.2, 0) is 11.3 Å².